The highest BCUT2D eigenvalue weighted by Crippen LogP contribution is 2.20. The van der Waals surface area contributed by atoms with Crippen LogP contribution in [0.4, 0.5) is 23.1 Å². The zero-order valence-electron chi connectivity index (χ0n) is 15.7. The van der Waals surface area contributed by atoms with Gasteiger partial charge in [0.05, 0.1) is 0 Å². The van der Waals surface area contributed by atoms with E-state index in [1.54, 1.807) is 0 Å². The first-order valence-electron chi connectivity index (χ1n) is 8.78. The molecular formula is C21H23N5O. The lowest BCUT2D eigenvalue weighted by Crippen LogP contribution is -2.07. The lowest BCUT2D eigenvalue weighted by Gasteiger charge is -2.11. The summed E-state index contributed by atoms with van der Waals surface area (Å²) in [6.07, 6.45) is 0. The molecule has 2 aromatic carbocycles. The molecular weight excluding hydrogens is 338 g/mol. The number of aryl methyl sites for hydroxylation is 2. The van der Waals surface area contributed by atoms with Gasteiger partial charge >= 0.3 is 0 Å². The number of carbonyl (C=O) groups is 1. The van der Waals surface area contributed by atoms with Gasteiger partial charge in [-0.05, 0) is 37.6 Å². The number of aromatic nitrogens is 2. The third-order valence-corrected chi connectivity index (χ3v) is 3.84. The van der Waals surface area contributed by atoms with Crippen LogP contribution in [0.15, 0.2) is 54.6 Å². The third-order valence-electron chi connectivity index (χ3n) is 3.84. The molecule has 1 aromatic heterocycles. The van der Waals surface area contributed by atoms with E-state index >= 15 is 0 Å². The first kappa shape index (κ1) is 18.4. The Hall–Kier alpha value is -3.41. The molecule has 138 valence electrons. The second-order valence-electron chi connectivity index (χ2n) is 6.45. The second kappa shape index (κ2) is 8.31. The summed E-state index contributed by atoms with van der Waals surface area (Å²) < 4.78 is 0. The van der Waals surface area contributed by atoms with Crippen molar-refractivity contribution in [1.82, 2.24) is 9.97 Å². The first-order chi connectivity index (χ1) is 13.0. The number of benzene rings is 2. The highest BCUT2D eigenvalue weighted by Gasteiger charge is 2.04. The van der Waals surface area contributed by atoms with Gasteiger partial charge in [0.2, 0.25) is 11.9 Å². The normalized spacial score (nSPS) is 10.3. The van der Waals surface area contributed by atoms with Crippen LogP contribution in [0, 0.1) is 13.8 Å². The predicted octanol–water partition coefficient (Wildman–Crippen LogP) is 4.41. The van der Waals surface area contributed by atoms with Gasteiger partial charge in [0.25, 0.3) is 0 Å². The summed E-state index contributed by atoms with van der Waals surface area (Å²) in [7, 11) is 0. The SMILES string of the molecule is CC(=O)Nc1cccc(Nc2cc(C)nc(NCc3cccc(C)c3)n2)c1. The maximum atomic E-state index is 11.2. The molecule has 6 nitrogen and oxygen atoms in total. The van der Waals surface area contributed by atoms with Gasteiger partial charge < -0.3 is 16.0 Å². The summed E-state index contributed by atoms with van der Waals surface area (Å²) in [4.78, 5) is 20.2. The molecule has 0 bridgehead atoms. The molecule has 0 atom stereocenters. The second-order valence-corrected chi connectivity index (χ2v) is 6.45. The van der Waals surface area contributed by atoms with Gasteiger partial charge in [0.15, 0.2) is 0 Å². The van der Waals surface area contributed by atoms with Gasteiger partial charge in [-0.15, -0.1) is 0 Å². The van der Waals surface area contributed by atoms with Crippen LogP contribution in [0.1, 0.15) is 23.7 Å². The fourth-order valence-corrected chi connectivity index (χ4v) is 2.74. The van der Waals surface area contributed by atoms with Crippen molar-refractivity contribution in [2.75, 3.05) is 16.0 Å². The predicted molar refractivity (Wildman–Crippen MR) is 109 cm³/mol. The van der Waals surface area contributed by atoms with Crippen LogP contribution in [0.3, 0.4) is 0 Å². The van der Waals surface area contributed by atoms with E-state index in [0.717, 1.165) is 17.1 Å². The van der Waals surface area contributed by atoms with E-state index in [1.165, 1.54) is 18.1 Å². The monoisotopic (exact) mass is 361 g/mol. The van der Waals surface area contributed by atoms with E-state index in [9.17, 15) is 4.79 Å². The van der Waals surface area contributed by atoms with Gasteiger partial charge in [0, 0.05) is 36.6 Å². The van der Waals surface area contributed by atoms with Gasteiger partial charge in [-0.1, -0.05) is 35.9 Å². The lowest BCUT2D eigenvalue weighted by atomic mass is 10.1. The zero-order valence-corrected chi connectivity index (χ0v) is 15.7. The minimum absolute atomic E-state index is 0.104. The summed E-state index contributed by atoms with van der Waals surface area (Å²) in [5.74, 6) is 1.15. The molecule has 3 aromatic rings. The molecule has 0 radical (unpaired) electrons. The van der Waals surface area contributed by atoms with E-state index in [-0.39, 0.29) is 5.91 Å². The number of hydrogen-bond donors (Lipinski definition) is 3. The molecule has 0 spiro atoms. The Morgan fingerprint density at radius 2 is 1.74 bits per heavy atom. The molecule has 0 unspecified atom stereocenters. The molecule has 27 heavy (non-hydrogen) atoms. The maximum absolute atomic E-state index is 11.2. The van der Waals surface area contributed by atoms with E-state index in [2.05, 4.69) is 51.0 Å². The van der Waals surface area contributed by atoms with Crippen LogP contribution in [0.2, 0.25) is 0 Å². The van der Waals surface area contributed by atoms with Crippen LogP contribution < -0.4 is 16.0 Å². The summed E-state index contributed by atoms with van der Waals surface area (Å²) in [6.45, 7) is 6.14. The smallest absolute Gasteiger partial charge is 0.225 e. The van der Waals surface area contributed by atoms with Crippen molar-refractivity contribution >= 4 is 29.0 Å². The molecule has 0 aliphatic heterocycles. The minimum atomic E-state index is -0.104. The number of nitrogens with one attached hydrogen (secondary N) is 3. The van der Waals surface area contributed by atoms with Crippen LogP contribution in [-0.4, -0.2) is 15.9 Å². The number of anilines is 4. The van der Waals surface area contributed by atoms with Crippen molar-refractivity contribution in [3.8, 4) is 0 Å². The van der Waals surface area contributed by atoms with Gasteiger partial charge in [-0.3, -0.25) is 4.79 Å². The fourth-order valence-electron chi connectivity index (χ4n) is 2.74. The molecule has 3 N–H and O–H groups in total. The van der Waals surface area contributed by atoms with Gasteiger partial charge in [-0.2, -0.15) is 4.98 Å². The highest BCUT2D eigenvalue weighted by molar-refractivity contribution is 5.89. The standard InChI is InChI=1S/C21H23N5O/c1-14-6-4-7-17(10-14)13-22-21-23-15(2)11-20(26-21)25-19-9-5-8-18(12-19)24-16(3)27/h4-12H,13H2,1-3H3,(H,24,27)(H2,22,23,25,26). The van der Waals surface area contributed by atoms with Crippen LogP contribution in [0.5, 0.6) is 0 Å². The summed E-state index contributed by atoms with van der Waals surface area (Å²) in [6, 6.07) is 17.7. The van der Waals surface area contributed by atoms with Gasteiger partial charge in [-0.25, -0.2) is 4.98 Å². The van der Waals surface area contributed by atoms with Crippen LogP contribution in [-0.2, 0) is 11.3 Å². The van der Waals surface area contributed by atoms with Crippen molar-refractivity contribution in [3.63, 3.8) is 0 Å². The van der Waals surface area contributed by atoms with Crippen molar-refractivity contribution < 1.29 is 4.79 Å². The molecule has 0 aliphatic rings. The quantitative estimate of drug-likeness (QED) is 0.606. The average Bonchev–Trinajstić information content (AvgIpc) is 2.59. The topological polar surface area (TPSA) is 78.9 Å². The van der Waals surface area contributed by atoms with E-state index in [0.29, 0.717) is 18.3 Å². The number of hydrogen-bond acceptors (Lipinski definition) is 5. The molecule has 1 amide bonds. The Kier molecular flexibility index (Phi) is 5.66. The van der Waals surface area contributed by atoms with Crippen LogP contribution >= 0.6 is 0 Å². The van der Waals surface area contributed by atoms with Crippen molar-refractivity contribution in [2.24, 2.45) is 0 Å². The number of rotatable bonds is 6. The average molecular weight is 361 g/mol. The summed E-state index contributed by atoms with van der Waals surface area (Å²) in [5.41, 5.74) is 4.83. The summed E-state index contributed by atoms with van der Waals surface area (Å²) in [5, 5.41) is 9.31. The summed E-state index contributed by atoms with van der Waals surface area (Å²) >= 11 is 0. The minimum Gasteiger partial charge on any atom is -0.350 e. The number of carbonyl (C=O) groups excluding carboxylic acids is 1. The molecule has 0 saturated heterocycles. The Labute approximate surface area is 159 Å². The molecule has 6 heteroatoms. The molecule has 0 saturated carbocycles. The van der Waals surface area contributed by atoms with Crippen molar-refractivity contribution in [3.05, 3.63) is 71.4 Å². The molecule has 0 fully saturated rings. The Balaban J connectivity index is 1.72. The van der Waals surface area contributed by atoms with Gasteiger partial charge in [0.1, 0.15) is 5.82 Å². The van der Waals surface area contributed by atoms with E-state index in [4.69, 9.17) is 0 Å². The molecule has 1 heterocycles. The Morgan fingerprint density at radius 3 is 2.52 bits per heavy atom. The number of amides is 1. The zero-order chi connectivity index (χ0) is 19.2. The lowest BCUT2D eigenvalue weighted by molar-refractivity contribution is -0.114. The fraction of sp³-hybridized carbons (Fsp3) is 0.190. The largest absolute Gasteiger partial charge is 0.350 e. The third kappa shape index (κ3) is 5.54. The van der Waals surface area contributed by atoms with E-state index < -0.39 is 0 Å². The van der Waals surface area contributed by atoms with Crippen molar-refractivity contribution in [2.45, 2.75) is 27.3 Å². The maximum Gasteiger partial charge on any atom is 0.225 e. The Morgan fingerprint density at radius 1 is 0.963 bits per heavy atom. The van der Waals surface area contributed by atoms with E-state index in [1.807, 2.05) is 43.3 Å². The first-order valence-corrected chi connectivity index (χ1v) is 8.78. The Bertz CT molecular complexity index is 955. The highest BCUT2D eigenvalue weighted by atomic mass is 16.1. The van der Waals surface area contributed by atoms with Crippen LogP contribution in [0.25, 0.3) is 0 Å². The molecule has 0 aliphatic carbocycles. The molecule has 3 rings (SSSR count). The van der Waals surface area contributed by atoms with Crippen molar-refractivity contribution in [1.29, 1.82) is 0 Å². The number of nitrogens with zero attached hydrogens (tertiary/aromatic N) is 2.